The second-order valence-electron chi connectivity index (χ2n) is 2.88. The summed E-state index contributed by atoms with van der Waals surface area (Å²) >= 11 is 0. The van der Waals surface area contributed by atoms with Crippen LogP contribution in [0.2, 0.25) is 0 Å². The zero-order chi connectivity index (χ0) is 9.23. The molecular weight excluding hydrogens is 154 g/mol. The van der Waals surface area contributed by atoms with Crippen molar-refractivity contribution in [1.29, 1.82) is 0 Å². The minimum absolute atomic E-state index is 0.123. The molecule has 0 aromatic heterocycles. The fourth-order valence-electron chi connectivity index (χ4n) is 1.10. The van der Waals surface area contributed by atoms with Gasteiger partial charge in [-0.2, -0.15) is 0 Å². The first-order chi connectivity index (χ1) is 5.81. The summed E-state index contributed by atoms with van der Waals surface area (Å²) in [5.74, 6) is -0.123. The average molecular weight is 173 g/mol. The smallest absolute Gasteiger partial charge is 0.221 e. The fraction of sp³-hybridized carbons (Fsp3) is 0.889. The van der Waals surface area contributed by atoms with E-state index in [1.807, 2.05) is 0 Å². The highest BCUT2D eigenvalue weighted by molar-refractivity contribution is 5.75. The van der Waals surface area contributed by atoms with Gasteiger partial charge in [-0.25, -0.2) is 0 Å². The van der Waals surface area contributed by atoms with E-state index in [-0.39, 0.29) is 12.6 Å². The first kappa shape index (κ1) is 11.4. The molecule has 0 saturated heterocycles. The van der Waals surface area contributed by atoms with Gasteiger partial charge in [0.2, 0.25) is 5.91 Å². The molecule has 1 saturated carbocycles. The monoisotopic (exact) mass is 173 g/mol. The summed E-state index contributed by atoms with van der Waals surface area (Å²) in [5.41, 5.74) is 0. The van der Waals surface area contributed by atoms with E-state index < -0.39 is 0 Å². The van der Waals surface area contributed by atoms with Crippen molar-refractivity contribution >= 4 is 5.91 Å². The van der Waals surface area contributed by atoms with Gasteiger partial charge in [-0.3, -0.25) is 4.79 Å². The van der Waals surface area contributed by atoms with E-state index in [1.54, 1.807) is 6.92 Å². The van der Waals surface area contributed by atoms with Crippen LogP contribution < -0.4 is 5.32 Å². The van der Waals surface area contributed by atoms with E-state index in [4.69, 9.17) is 5.11 Å². The molecule has 0 aromatic carbocycles. The quantitative estimate of drug-likeness (QED) is 0.620. The van der Waals surface area contributed by atoms with Gasteiger partial charge in [-0.15, -0.1) is 0 Å². The minimum Gasteiger partial charge on any atom is -0.377 e. The van der Waals surface area contributed by atoms with Crippen molar-refractivity contribution in [1.82, 2.24) is 5.32 Å². The van der Waals surface area contributed by atoms with Crippen LogP contribution in [-0.2, 0) is 4.79 Å². The van der Waals surface area contributed by atoms with Gasteiger partial charge in [0.15, 0.2) is 0 Å². The van der Waals surface area contributed by atoms with Crippen molar-refractivity contribution in [3.05, 3.63) is 0 Å². The Balaban J connectivity index is 0.000000211. The molecule has 1 fully saturated rings. The Kier molecular flexibility index (Phi) is 8.12. The molecule has 3 heteroatoms. The topological polar surface area (TPSA) is 49.3 Å². The van der Waals surface area contributed by atoms with Crippen molar-refractivity contribution < 1.29 is 9.90 Å². The van der Waals surface area contributed by atoms with Gasteiger partial charge in [0.05, 0.1) is 0 Å². The molecule has 12 heavy (non-hydrogen) atoms. The molecule has 0 heterocycles. The molecule has 0 bridgehead atoms. The van der Waals surface area contributed by atoms with Gasteiger partial charge in [0, 0.05) is 6.42 Å². The second kappa shape index (κ2) is 8.53. The highest BCUT2D eigenvalue weighted by atomic mass is 16.3. The second-order valence-corrected chi connectivity index (χ2v) is 2.88. The van der Waals surface area contributed by atoms with Crippen LogP contribution in [0.25, 0.3) is 0 Å². The lowest BCUT2D eigenvalue weighted by atomic mass is 10.4. The minimum atomic E-state index is -0.257. The third kappa shape index (κ3) is 7.54. The van der Waals surface area contributed by atoms with Crippen molar-refractivity contribution in [3.63, 3.8) is 0 Å². The standard InChI is InChI=1S/C5H10.C4H9NO2/c1-2-4-5-3-1;1-2-4(7)5-3-6/h1-5H2;6H,2-3H2,1H3,(H,5,7). The van der Waals surface area contributed by atoms with Crippen molar-refractivity contribution in [2.24, 2.45) is 0 Å². The van der Waals surface area contributed by atoms with Crippen LogP contribution in [0, 0.1) is 0 Å². The Labute approximate surface area is 74.2 Å². The lowest BCUT2D eigenvalue weighted by Crippen LogP contribution is -2.22. The van der Waals surface area contributed by atoms with E-state index in [0.29, 0.717) is 6.42 Å². The van der Waals surface area contributed by atoms with Gasteiger partial charge < -0.3 is 10.4 Å². The molecule has 1 aliphatic carbocycles. The predicted octanol–water partition coefficient (Wildman–Crippen LogP) is 1.41. The van der Waals surface area contributed by atoms with Gasteiger partial charge in [-0.1, -0.05) is 39.0 Å². The molecule has 0 atom stereocenters. The lowest BCUT2D eigenvalue weighted by molar-refractivity contribution is -0.121. The summed E-state index contributed by atoms with van der Waals surface area (Å²) in [7, 11) is 0. The number of amides is 1. The van der Waals surface area contributed by atoms with E-state index in [1.165, 1.54) is 32.1 Å². The number of aliphatic hydroxyl groups is 1. The van der Waals surface area contributed by atoms with Crippen LogP contribution >= 0.6 is 0 Å². The fourth-order valence-corrected chi connectivity index (χ4v) is 1.10. The van der Waals surface area contributed by atoms with Crippen LogP contribution in [-0.4, -0.2) is 17.7 Å². The van der Waals surface area contributed by atoms with Gasteiger partial charge in [0.25, 0.3) is 0 Å². The molecule has 0 spiro atoms. The van der Waals surface area contributed by atoms with Gasteiger partial charge >= 0.3 is 0 Å². The number of rotatable bonds is 2. The van der Waals surface area contributed by atoms with Crippen LogP contribution in [0.4, 0.5) is 0 Å². The zero-order valence-corrected chi connectivity index (χ0v) is 7.81. The van der Waals surface area contributed by atoms with E-state index in [9.17, 15) is 4.79 Å². The number of nitrogens with one attached hydrogen (secondary N) is 1. The van der Waals surface area contributed by atoms with Crippen molar-refractivity contribution in [3.8, 4) is 0 Å². The number of hydrogen-bond acceptors (Lipinski definition) is 2. The number of carbonyl (C=O) groups is 1. The van der Waals surface area contributed by atoms with E-state index in [0.717, 1.165) is 0 Å². The van der Waals surface area contributed by atoms with Crippen LogP contribution in [0.3, 0.4) is 0 Å². The van der Waals surface area contributed by atoms with E-state index in [2.05, 4.69) is 5.32 Å². The number of hydrogen-bond donors (Lipinski definition) is 2. The maximum atomic E-state index is 10.1. The van der Waals surface area contributed by atoms with Crippen LogP contribution in [0.15, 0.2) is 0 Å². The Hall–Kier alpha value is -0.570. The molecule has 0 aliphatic heterocycles. The first-order valence-corrected chi connectivity index (χ1v) is 4.68. The van der Waals surface area contributed by atoms with Gasteiger partial charge in [-0.05, 0) is 0 Å². The third-order valence-electron chi connectivity index (χ3n) is 1.85. The van der Waals surface area contributed by atoms with Gasteiger partial charge in [0.1, 0.15) is 6.73 Å². The summed E-state index contributed by atoms with van der Waals surface area (Å²) in [6.07, 6.45) is 7.93. The molecule has 1 aliphatic rings. The van der Waals surface area contributed by atoms with Crippen molar-refractivity contribution in [2.75, 3.05) is 6.73 Å². The average Bonchev–Trinajstić information content (AvgIpc) is 2.62. The zero-order valence-electron chi connectivity index (χ0n) is 7.81. The molecule has 2 N–H and O–H groups in total. The Morgan fingerprint density at radius 1 is 1.25 bits per heavy atom. The molecule has 1 rings (SSSR count). The summed E-state index contributed by atoms with van der Waals surface area (Å²) < 4.78 is 0. The molecular formula is C9H19NO2. The first-order valence-electron chi connectivity index (χ1n) is 4.68. The SMILES string of the molecule is C1CCCC1.CCC(=O)NCO. The summed E-state index contributed by atoms with van der Waals surface area (Å²) in [4.78, 5) is 10.1. The maximum absolute atomic E-state index is 10.1. The maximum Gasteiger partial charge on any atom is 0.221 e. The number of aliphatic hydroxyl groups excluding tert-OH is 1. The van der Waals surface area contributed by atoms with E-state index >= 15 is 0 Å². The summed E-state index contributed by atoms with van der Waals surface area (Å²) in [6, 6.07) is 0. The largest absolute Gasteiger partial charge is 0.377 e. The normalized spacial score (nSPS) is 14.8. The Bertz CT molecular complexity index is 103. The molecule has 72 valence electrons. The number of carbonyl (C=O) groups excluding carboxylic acids is 1. The third-order valence-corrected chi connectivity index (χ3v) is 1.85. The molecule has 0 aromatic rings. The Morgan fingerprint density at radius 3 is 1.83 bits per heavy atom. The molecule has 0 radical (unpaired) electrons. The summed E-state index contributed by atoms with van der Waals surface area (Å²) in [5, 5.41) is 10.2. The predicted molar refractivity (Wildman–Crippen MR) is 48.6 cm³/mol. The van der Waals surface area contributed by atoms with Crippen LogP contribution in [0.1, 0.15) is 45.4 Å². The molecule has 1 amide bonds. The van der Waals surface area contributed by atoms with Crippen LogP contribution in [0.5, 0.6) is 0 Å². The Morgan fingerprint density at radius 2 is 1.67 bits per heavy atom. The highest BCUT2D eigenvalue weighted by Crippen LogP contribution is 2.15. The lowest BCUT2D eigenvalue weighted by Gasteiger charge is -1.93. The molecule has 0 unspecified atom stereocenters. The van der Waals surface area contributed by atoms with Crippen molar-refractivity contribution in [2.45, 2.75) is 45.4 Å². The molecule has 3 nitrogen and oxygen atoms in total. The highest BCUT2D eigenvalue weighted by Gasteiger charge is 1.95. The summed E-state index contributed by atoms with van der Waals surface area (Å²) in [6.45, 7) is 1.47.